The van der Waals surface area contributed by atoms with Gasteiger partial charge in [-0.1, -0.05) is 106 Å². The van der Waals surface area contributed by atoms with Gasteiger partial charge in [0.25, 0.3) is 11.8 Å². The summed E-state index contributed by atoms with van der Waals surface area (Å²) in [5.41, 5.74) is -0.619. The van der Waals surface area contributed by atoms with Gasteiger partial charge in [-0.05, 0) is 151 Å². The summed E-state index contributed by atoms with van der Waals surface area (Å²) in [7, 11) is 13.9. The van der Waals surface area contributed by atoms with Crippen LogP contribution in [0.2, 0.25) is 0 Å². The molecule has 14 N–H and O–H groups in total. The van der Waals surface area contributed by atoms with E-state index in [4.69, 9.17) is 91.8 Å². The largest absolute Gasteiger partial charge is 0.496 e. The minimum Gasteiger partial charge on any atom is -0.496 e. The number of ether oxygens (including phenoxy) is 14. The topological polar surface area (TPSA) is 556 Å². The number of carbonyl (C=O) groups excluding carboxylic acids is 9. The van der Waals surface area contributed by atoms with Gasteiger partial charge >= 0.3 is 35.8 Å². The molecule has 41 nitrogen and oxygen atoms in total. The molecule has 16 unspecified atom stereocenters. The van der Waals surface area contributed by atoms with Crippen LogP contribution in [-0.2, 0) is 122 Å². The Morgan fingerprint density at radius 2 is 1.17 bits per heavy atom. The number of carboxylic acid groups (broad SMARTS) is 1. The molecule has 145 heavy (non-hydrogen) atoms. The van der Waals surface area contributed by atoms with Crippen LogP contribution in [0.5, 0.6) is 5.75 Å². The SMILES string of the molecule is CCC(CO)OC(CO)OC.CCC(CO)OC(COC(=O)CCC(=O)NCCNC(=O)c1ccc(C(C)SSC)cc1)OC.CCC(CO)OC(COC(=O)CCC(=O)O)OC.CCC(CO)OC(COC(=O)CCCC(=O)NC(C)C(=O)OCCCNC(=O)[C@]1(O)C2N(C)c3cc(OC)c([C@@]4(C(=O)OC)CC5CN(CCc6c4[nH]c4ccccc64)CC(O)(CC)C5)cc3C23CCN2CC=C[C@](CC)(C23)[C@H]1O)OC. The number of esters is 5. The molecule has 2 saturated heterocycles. The Morgan fingerprint density at radius 3 is 1.70 bits per heavy atom. The van der Waals surface area contributed by atoms with Crippen molar-refractivity contribution in [2.75, 3.05) is 173 Å². The number of carbonyl (C=O) groups is 10. The molecule has 3 fully saturated rings. The number of benzene rings is 3. The van der Waals surface area contributed by atoms with E-state index in [0.717, 1.165) is 27.6 Å². The van der Waals surface area contributed by atoms with Crippen LogP contribution < -0.4 is 30.9 Å². The molecule has 6 heterocycles. The number of aliphatic carboxylic acids is 1. The van der Waals surface area contributed by atoms with Crippen LogP contribution in [0.1, 0.15) is 208 Å². The Hall–Kier alpha value is -8.78. The lowest BCUT2D eigenvalue weighted by atomic mass is 9.47. The third kappa shape index (κ3) is 32.4. The summed E-state index contributed by atoms with van der Waals surface area (Å²) in [6.07, 6.45) is 4.76. The quantitative estimate of drug-likeness (QED) is 0.00615. The lowest BCUT2D eigenvalue weighted by molar-refractivity contribution is -0.203. The molecule has 1 aromatic heterocycles. The van der Waals surface area contributed by atoms with Crippen molar-refractivity contribution in [1.82, 2.24) is 36.1 Å². The van der Waals surface area contributed by atoms with Crippen LogP contribution in [0.4, 0.5) is 5.69 Å². The van der Waals surface area contributed by atoms with Crippen LogP contribution >= 0.6 is 21.6 Å². The van der Waals surface area contributed by atoms with Gasteiger partial charge in [0.2, 0.25) is 11.8 Å². The summed E-state index contributed by atoms with van der Waals surface area (Å²) in [4.78, 5) is 137. The maximum absolute atomic E-state index is 15.5. The molecule has 5 aliphatic heterocycles. The zero-order valence-corrected chi connectivity index (χ0v) is 88.4. The first-order valence-corrected chi connectivity index (χ1v) is 52.5. The van der Waals surface area contributed by atoms with Crippen molar-refractivity contribution in [3.63, 3.8) is 0 Å². The molecule has 3 aromatic carbocycles. The van der Waals surface area contributed by atoms with Crippen molar-refractivity contribution in [2.24, 2.45) is 11.3 Å². The highest BCUT2D eigenvalue weighted by Crippen LogP contribution is 2.68. The number of likely N-dealkylation sites (N-methyl/N-ethyl adjacent to an activating group) is 1. The van der Waals surface area contributed by atoms with Crippen molar-refractivity contribution in [3.8, 4) is 5.75 Å². The van der Waals surface area contributed by atoms with E-state index in [0.29, 0.717) is 124 Å². The number of rotatable bonds is 56. The van der Waals surface area contributed by atoms with E-state index in [-0.39, 0.29) is 173 Å². The van der Waals surface area contributed by atoms with Crippen LogP contribution in [0.25, 0.3) is 10.9 Å². The molecule has 43 heteroatoms. The van der Waals surface area contributed by atoms with Gasteiger partial charge in [0.05, 0.1) is 109 Å². The van der Waals surface area contributed by atoms with E-state index in [9.17, 15) is 58.8 Å². The molecule has 816 valence electrons. The van der Waals surface area contributed by atoms with Gasteiger partial charge in [0.1, 0.15) is 43.1 Å². The second kappa shape index (κ2) is 60.8. The summed E-state index contributed by atoms with van der Waals surface area (Å²) in [6.45, 7) is 17.2. The number of carboxylic acids is 1. The normalized spacial score (nSPS) is 23.7. The van der Waals surface area contributed by atoms with Crippen molar-refractivity contribution < 1.29 is 160 Å². The maximum Gasteiger partial charge on any atom is 0.328 e. The number of aromatic amines is 1. The van der Waals surface area contributed by atoms with Gasteiger partial charge in [-0.3, -0.25) is 53.0 Å². The Kier molecular flexibility index (Phi) is 51.6. The lowest BCUT2D eigenvalue weighted by Gasteiger charge is -2.63. The van der Waals surface area contributed by atoms with Crippen molar-refractivity contribution in [3.05, 3.63) is 106 Å². The molecule has 1 aliphatic carbocycles. The molecular weight excluding hydrogens is 1930 g/mol. The van der Waals surface area contributed by atoms with Crippen LogP contribution in [0.15, 0.2) is 72.8 Å². The molecule has 10 rings (SSSR count). The average molecular weight is 2090 g/mol. The van der Waals surface area contributed by atoms with Crippen molar-refractivity contribution in [1.29, 1.82) is 0 Å². The Balaban J connectivity index is 0.000000367. The number of amides is 4. The first kappa shape index (κ1) is 123. The number of hydrogen-bond acceptors (Lipinski definition) is 37. The third-order valence-corrected chi connectivity index (χ3v) is 29.8. The molecule has 1 spiro atoms. The summed E-state index contributed by atoms with van der Waals surface area (Å²) in [6, 6.07) is 17.1. The molecule has 4 aromatic rings. The number of aromatic nitrogens is 1. The van der Waals surface area contributed by atoms with Gasteiger partial charge < -0.3 is 143 Å². The molecular formula is C102H158N8O33S2. The fraction of sp³-hybridized carbons (Fsp3) is 0.686. The van der Waals surface area contributed by atoms with Crippen LogP contribution in [0, 0.1) is 11.3 Å². The predicted molar refractivity (Wildman–Crippen MR) is 538 cm³/mol. The standard InChI is InChI=1S/C61H86N6O15.C23H36N2O7S2.C11H20O7.C7H16O4/c1-9-39(34-68)82-49(78-7)35-81-48(70)20-14-19-47(69)63-37(4)51(71)80-28-16-24-62-55(73)61(76)53-59(23-27-67-25-15-22-58(11-3,52(59)67)54(61)72)42-29-43(46(77-6)30-45(42)65(53)5)60(56(74)79-8)32-38-31-57(75,10-2)36-66(33-38)26-21-41-40-17-12-13-18-44(40)64-50(41)60;1-5-19(14-26)32-22(30-3)15-31-21(28)11-10-20(27)24-12-13-25-23(29)18-8-6-17(7-9-18)16(2)34-33-4;1-3-8(6-12)18-11(16-2)7-17-10(15)5-4-9(13)14;1-3-6(4-8)11-7(5-9)10-2/h12-13,15,17-18,22,29-30,37-39,49,52-54,64,68,72,75-76H,9-11,14,16,19-21,23-28,31-36H2,1-8H3,(H,62,73)(H,63,69);6-9,16,19,22,26H,5,10-15H2,1-4H3,(H,24,27)(H,25,29);8,11-12H,3-7H2,1-2H3,(H,13,14);6-9H,3-5H2,1-2H3/t37?,38?,39?,49?,52?,53?,54-,57?,58-,59?,60+,61+;;;/m1.../s1. The number of fused-ring (bicyclic) bond motifs is 6. The third-order valence-electron chi connectivity index (χ3n) is 27.6. The highest BCUT2D eigenvalue weighted by atomic mass is 33.1. The second-order valence-electron chi connectivity index (χ2n) is 36.9. The zero-order chi connectivity index (χ0) is 107. The molecule has 2 bridgehead atoms. The van der Waals surface area contributed by atoms with Crippen LogP contribution in [-0.4, -0.2) is 373 Å². The molecule has 6 aliphatic rings. The van der Waals surface area contributed by atoms with Crippen LogP contribution in [0.3, 0.4) is 0 Å². The number of piperidine rings is 1. The first-order chi connectivity index (χ1) is 69.4. The van der Waals surface area contributed by atoms with Gasteiger partial charge in [-0.15, -0.1) is 0 Å². The monoisotopic (exact) mass is 2090 g/mol. The number of para-hydroxylation sites is 1. The van der Waals surface area contributed by atoms with E-state index in [2.05, 4.69) is 55.1 Å². The Morgan fingerprint density at radius 1 is 0.600 bits per heavy atom. The Bertz CT molecular complexity index is 4740. The summed E-state index contributed by atoms with van der Waals surface area (Å²) in [5.74, 6) is -5.52. The number of nitrogens with zero attached hydrogens (tertiary/aromatic N) is 3. The van der Waals surface area contributed by atoms with E-state index in [1.165, 1.54) is 42.5 Å². The molecule has 0 radical (unpaired) electrons. The number of hydrogen-bond donors (Lipinski definition) is 14. The second-order valence-corrected chi connectivity index (χ2v) is 39.7. The first-order valence-electron chi connectivity index (χ1n) is 49.9. The van der Waals surface area contributed by atoms with Gasteiger partial charge in [0.15, 0.2) is 30.8 Å². The summed E-state index contributed by atoms with van der Waals surface area (Å²) in [5, 5.41) is 104. The maximum atomic E-state index is 15.5. The van der Waals surface area contributed by atoms with Crippen molar-refractivity contribution in [2.45, 2.75) is 272 Å². The number of methoxy groups -OCH3 is 6. The predicted octanol–water partition coefficient (Wildman–Crippen LogP) is 5.86. The fourth-order valence-corrected chi connectivity index (χ4v) is 21.7. The number of anilines is 1. The molecule has 4 amide bonds. The van der Waals surface area contributed by atoms with E-state index >= 15 is 9.59 Å². The number of nitrogens with one attached hydrogen (secondary N) is 5. The smallest absolute Gasteiger partial charge is 0.328 e. The minimum atomic E-state index is -2.42. The zero-order valence-electron chi connectivity index (χ0n) is 86.7. The summed E-state index contributed by atoms with van der Waals surface area (Å²) < 4.78 is 74.4. The fourth-order valence-electron chi connectivity index (χ4n) is 19.9. The highest BCUT2D eigenvalue weighted by Gasteiger charge is 2.79. The summed E-state index contributed by atoms with van der Waals surface area (Å²) >= 11 is 0. The average Bonchev–Trinajstić information content (AvgIpc) is 1.48. The van der Waals surface area contributed by atoms with Gasteiger partial charge in [-0.25, -0.2) is 4.79 Å². The van der Waals surface area contributed by atoms with E-state index in [1.807, 2.05) is 108 Å². The Labute approximate surface area is 857 Å². The molecule has 1 saturated carbocycles. The van der Waals surface area contributed by atoms with Crippen molar-refractivity contribution >= 4 is 97.6 Å². The highest BCUT2D eigenvalue weighted by molar-refractivity contribution is 8.76. The van der Waals surface area contributed by atoms with E-state index in [1.54, 1.807) is 40.8 Å². The van der Waals surface area contributed by atoms with E-state index < -0.39 is 131 Å². The van der Waals surface area contributed by atoms with Gasteiger partial charge in [0, 0.05) is 162 Å². The number of aliphatic hydroxyl groups excluding tert-OH is 6. The lowest BCUT2D eigenvalue weighted by Crippen LogP contribution is -2.81. The minimum absolute atomic E-state index is 0.0328. The number of H-pyrrole nitrogens is 1. The molecule has 20 atom stereocenters. The van der Waals surface area contributed by atoms with Gasteiger partial charge in [-0.2, -0.15) is 0 Å². The number of aliphatic hydroxyl groups is 8.